The molecule has 0 unspecified atom stereocenters. The molecule has 1 aliphatic heterocycles. The summed E-state index contributed by atoms with van der Waals surface area (Å²) in [4.78, 5) is 13.3. The Kier molecular flexibility index (Phi) is 6.47. The summed E-state index contributed by atoms with van der Waals surface area (Å²) in [6, 6.07) is 10.6. The first kappa shape index (κ1) is 21.4. The van der Waals surface area contributed by atoms with Gasteiger partial charge in [-0.15, -0.1) is 0 Å². The summed E-state index contributed by atoms with van der Waals surface area (Å²) in [5.41, 5.74) is 3.57. The number of carbonyl (C=O) groups excluding carboxylic acids is 1. The van der Waals surface area contributed by atoms with Crippen molar-refractivity contribution in [2.75, 3.05) is 26.6 Å². The highest BCUT2D eigenvalue weighted by molar-refractivity contribution is 7.80. The van der Waals surface area contributed by atoms with E-state index in [-0.39, 0.29) is 5.91 Å². The van der Waals surface area contributed by atoms with Crippen molar-refractivity contribution in [1.82, 2.24) is 10.6 Å². The Bertz CT molecular complexity index is 1020. The number of allylic oxidation sites excluding steroid dienone is 1. The molecule has 1 heterocycles. The molecule has 1 aliphatic rings. The van der Waals surface area contributed by atoms with Gasteiger partial charge in [-0.25, -0.2) is 0 Å². The van der Waals surface area contributed by atoms with E-state index in [9.17, 15) is 4.79 Å². The quantitative estimate of drug-likeness (QED) is 0.609. The Morgan fingerprint density at radius 2 is 1.63 bits per heavy atom. The lowest BCUT2D eigenvalue weighted by Gasteiger charge is -2.31. The van der Waals surface area contributed by atoms with Gasteiger partial charge in [0.1, 0.15) is 5.75 Å². The molecule has 0 saturated heterocycles. The second kappa shape index (κ2) is 9.04. The molecule has 0 aliphatic carbocycles. The number of methoxy groups -OCH3 is 3. The van der Waals surface area contributed by atoms with Crippen LogP contribution < -0.4 is 30.2 Å². The molecule has 0 fully saturated rings. The normalized spacial score (nSPS) is 15.8. The third kappa shape index (κ3) is 4.18. The fourth-order valence-electron chi connectivity index (χ4n) is 3.41. The topological polar surface area (TPSA) is 80.9 Å². The molecule has 1 amide bonds. The molecular weight excluding hydrogens is 402 g/mol. The Hall–Kier alpha value is -3.26. The lowest BCUT2D eigenvalue weighted by Crippen LogP contribution is -2.45. The highest BCUT2D eigenvalue weighted by atomic mass is 32.1. The third-order valence-corrected chi connectivity index (χ3v) is 5.17. The van der Waals surface area contributed by atoms with E-state index in [0.717, 1.165) is 11.3 Å². The Morgan fingerprint density at radius 1 is 1.00 bits per heavy atom. The molecule has 0 saturated carbocycles. The number of benzene rings is 2. The summed E-state index contributed by atoms with van der Waals surface area (Å²) in [5.74, 6) is 1.35. The minimum Gasteiger partial charge on any atom is -0.496 e. The monoisotopic (exact) mass is 427 g/mol. The Labute approximate surface area is 181 Å². The second-order valence-corrected chi connectivity index (χ2v) is 7.20. The zero-order valence-corrected chi connectivity index (χ0v) is 18.4. The van der Waals surface area contributed by atoms with Crippen LogP contribution in [0, 0.1) is 6.92 Å². The number of anilines is 1. The van der Waals surface area contributed by atoms with Crippen LogP contribution in [0.3, 0.4) is 0 Å². The maximum absolute atomic E-state index is 13.3. The van der Waals surface area contributed by atoms with E-state index < -0.39 is 6.04 Å². The Balaban J connectivity index is 2.08. The lowest BCUT2D eigenvalue weighted by molar-refractivity contribution is -0.113. The first-order valence-corrected chi connectivity index (χ1v) is 9.75. The van der Waals surface area contributed by atoms with E-state index in [1.54, 1.807) is 33.5 Å². The number of aryl methyl sites for hydroxylation is 1. The van der Waals surface area contributed by atoms with Crippen molar-refractivity contribution in [3.05, 3.63) is 58.8 Å². The Morgan fingerprint density at radius 3 is 2.27 bits per heavy atom. The number of hydrogen-bond acceptors (Lipinski definition) is 5. The zero-order chi connectivity index (χ0) is 21.8. The molecule has 158 valence electrons. The van der Waals surface area contributed by atoms with E-state index in [2.05, 4.69) is 16.0 Å². The lowest BCUT2D eigenvalue weighted by atomic mass is 9.93. The smallest absolute Gasteiger partial charge is 0.255 e. The van der Waals surface area contributed by atoms with Crippen molar-refractivity contribution in [2.24, 2.45) is 0 Å². The van der Waals surface area contributed by atoms with Crippen LogP contribution >= 0.6 is 12.2 Å². The van der Waals surface area contributed by atoms with Gasteiger partial charge in [0, 0.05) is 23.0 Å². The highest BCUT2D eigenvalue weighted by Gasteiger charge is 2.33. The molecule has 2 aromatic carbocycles. The van der Waals surface area contributed by atoms with Crippen molar-refractivity contribution >= 4 is 28.9 Å². The van der Waals surface area contributed by atoms with Crippen LogP contribution in [-0.4, -0.2) is 32.3 Å². The first-order valence-electron chi connectivity index (χ1n) is 9.34. The predicted octanol–water partition coefficient (Wildman–Crippen LogP) is 3.45. The van der Waals surface area contributed by atoms with Crippen LogP contribution in [0.4, 0.5) is 5.69 Å². The highest BCUT2D eigenvalue weighted by Crippen LogP contribution is 2.40. The summed E-state index contributed by atoms with van der Waals surface area (Å²) in [6.07, 6.45) is 0. The minimum atomic E-state index is -0.544. The van der Waals surface area contributed by atoms with Crippen LogP contribution in [0.15, 0.2) is 47.7 Å². The van der Waals surface area contributed by atoms with Crippen LogP contribution in [0.2, 0.25) is 0 Å². The average molecular weight is 428 g/mol. The molecule has 30 heavy (non-hydrogen) atoms. The van der Waals surface area contributed by atoms with Crippen LogP contribution in [0.1, 0.15) is 24.1 Å². The SMILES string of the molecule is COc1cc(OC)c([C@@H]2NC(=S)NC(C)=C2C(=O)Nc2ccccc2C)cc1OC. The molecule has 2 aromatic rings. The summed E-state index contributed by atoms with van der Waals surface area (Å²) in [5, 5.41) is 9.64. The van der Waals surface area contributed by atoms with Gasteiger partial charge in [-0.3, -0.25) is 4.79 Å². The van der Waals surface area contributed by atoms with E-state index in [4.69, 9.17) is 26.4 Å². The van der Waals surface area contributed by atoms with Gasteiger partial charge in [0.05, 0.1) is 32.9 Å². The van der Waals surface area contributed by atoms with Gasteiger partial charge in [-0.1, -0.05) is 18.2 Å². The standard InChI is InChI=1S/C22H25N3O4S/c1-12-8-6-7-9-15(12)24-21(26)19-13(2)23-22(30)25-20(19)14-10-17(28-4)18(29-5)11-16(14)27-3/h6-11,20H,1-5H3,(H,24,26)(H2,23,25,30)/t20-/m0/s1. The number of amides is 1. The van der Waals surface area contributed by atoms with E-state index in [1.165, 1.54) is 0 Å². The number of para-hydroxylation sites is 1. The molecule has 8 heteroatoms. The van der Waals surface area contributed by atoms with Crippen molar-refractivity contribution in [3.63, 3.8) is 0 Å². The van der Waals surface area contributed by atoms with E-state index in [0.29, 0.717) is 39.2 Å². The zero-order valence-electron chi connectivity index (χ0n) is 17.6. The number of ether oxygens (including phenoxy) is 3. The first-order chi connectivity index (χ1) is 14.4. The summed E-state index contributed by atoms with van der Waals surface area (Å²) < 4.78 is 16.4. The third-order valence-electron chi connectivity index (χ3n) is 4.95. The fourth-order valence-corrected chi connectivity index (χ4v) is 3.68. The van der Waals surface area contributed by atoms with Crippen molar-refractivity contribution in [2.45, 2.75) is 19.9 Å². The molecule has 7 nitrogen and oxygen atoms in total. The maximum Gasteiger partial charge on any atom is 0.255 e. The fraction of sp³-hybridized carbons (Fsp3) is 0.273. The number of hydrogen-bond donors (Lipinski definition) is 3. The van der Waals surface area contributed by atoms with Gasteiger partial charge in [0.2, 0.25) is 0 Å². The summed E-state index contributed by atoms with van der Waals surface area (Å²) >= 11 is 5.35. The van der Waals surface area contributed by atoms with Crippen LogP contribution in [0.5, 0.6) is 17.2 Å². The summed E-state index contributed by atoms with van der Waals surface area (Å²) in [7, 11) is 4.68. The van der Waals surface area contributed by atoms with Gasteiger partial charge in [-0.05, 0) is 43.8 Å². The van der Waals surface area contributed by atoms with Gasteiger partial charge in [-0.2, -0.15) is 0 Å². The molecule has 0 aromatic heterocycles. The largest absolute Gasteiger partial charge is 0.496 e. The molecule has 3 rings (SSSR count). The maximum atomic E-state index is 13.3. The van der Waals surface area contributed by atoms with Crippen LogP contribution in [-0.2, 0) is 4.79 Å². The molecule has 0 spiro atoms. The van der Waals surface area contributed by atoms with E-state index in [1.807, 2.05) is 38.1 Å². The predicted molar refractivity (Wildman–Crippen MR) is 120 cm³/mol. The van der Waals surface area contributed by atoms with Gasteiger partial charge in [0.25, 0.3) is 5.91 Å². The number of rotatable bonds is 6. The number of nitrogens with one attached hydrogen (secondary N) is 3. The number of carbonyl (C=O) groups is 1. The van der Waals surface area contributed by atoms with Gasteiger partial charge >= 0.3 is 0 Å². The number of thiocarbonyl (C=S) groups is 1. The molecule has 1 atom stereocenters. The molecule has 0 bridgehead atoms. The van der Waals surface area contributed by atoms with E-state index >= 15 is 0 Å². The van der Waals surface area contributed by atoms with Crippen LogP contribution in [0.25, 0.3) is 0 Å². The minimum absolute atomic E-state index is 0.244. The van der Waals surface area contributed by atoms with Crippen molar-refractivity contribution in [3.8, 4) is 17.2 Å². The average Bonchev–Trinajstić information content (AvgIpc) is 2.73. The summed E-state index contributed by atoms with van der Waals surface area (Å²) in [6.45, 7) is 3.76. The second-order valence-electron chi connectivity index (χ2n) is 6.79. The van der Waals surface area contributed by atoms with Crippen molar-refractivity contribution < 1.29 is 19.0 Å². The van der Waals surface area contributed by atoms with Gasteiger partial charge in [0.15, 0.2) is 16.6 Å². The van der Waals surface area contributed by atoms with Gasteiger partial charge < -0.3 is 30.2 Å². The van der Waals surface area contributed by atoms with Crippen molar-refractivity contribution in [1.29, 1.82) is 0 Å². The molecule has 3 N–H and O–H groups in total. The molecule has 0 radical (unpaired) electrons. The molecular formula is C22H25N3O4S.